The van der Waals surface area contributed by atoms with E-state index in [1.54, 1.807) is 0 Å². The highest BCUT2D eigenvalue weighted by atomic mass is 19.4. The van der Waals surface area contributed by atoms with Crippen LogP contribution in [0.1, 0.15) is 59.3 Å². The fourth-order valence-electron chi connectivity index (χ4n) is 4.36. The Bertz CT molecular complexity index is 706. The Morgan fingerprint density at radius 2 is 1.48 bits per heavy atom. The van der Waals surface area contributed by atoms with E-state index in [1.807, 2.05) is 0 Å². The Hall–Kier alpha value is -1.31. The fraction of sp³-hybridized carbons (Fsp3) is 0.947. The largest absolute Gasteiger partial charge is 0.449 e. The summed E-state index contributed by atoms with van der Waals surface area (Å²) in [6.07, 6.45) is -14.6. The summed E-state index contributed by atoms with van der Waals surface area (Å²) < 4.78 is 153. The summed E-state index contributed by atoms with van der Waals surface area (Å²) in [6.45, 7) is 1.74. The van der Waals surface area contributed by atoms with Crippen LogP contribution in [0.2, 0.25) is 0 Å². The first-order chi connectivity index (χ1) is 14.7. The van der Waals surface area contributed by atoms with Crippen molar-refractivity contribution < 1.29 is 63.3 Å². The molecule has 0 radical (unpaired) electrons. The third-order valence-electron chi connectivity index (χ3n) is 6.69. The first-order valence-electron chi connectivity index (χ1n) is 10.2. The molecule has 0 amide bonds. The van der Waals surface area contributed by atoms with Gasteiger partial charge in [-0.3, -0.25) is 4.79 Å². The maximum atomic E-state index is 15.7. The summed E-state index contributed by atoms with van der Waals surface area (Å²) in [7, 11) is 0. The lowest BCUT2D eigenvalue weighted by Gasteiger charge is -2.61. The van der Waals surface area contributed by atoms with Crippen LogP contribution < -0.4 is 0 Å². The number of aliphatic hydroxyl groups is 1. The van der Waals surface area contributed by atoms with Gasteiger partial charge in [0.1, 0.15) is 0 Å². The maximum Gasteiger partial charge on any atom is 0.449 e. The minimum atomic E-state index is -6.68. The number of hydrogen-bond donors (Lipinski definition) is 1. The van der Waals surface area contributed by atoms with Crippen LogP contribution in [0.25, 0.3) is 0 Å². The van der Waals surface area contributed by atoms with E-state index in [1.165, 1.54) is 6.92 Å². The van der Waals surface area contributed by atoms with Crippen LogP contribution >= 0.6 is 0 Å². The molecule has 33 heavy (non-hydrogen) atoms. The zero-order valence-electron chi connectivity index (χ0n) is 17.8. The van der Waals surface area contributed by atoms with Crippen molar-refractivity contribution in [3.8, 4) is 0 Å². The van der Waals surface area contributed by atoms with E-state index in [0.717, 1.165) is 6.92 Å². The molecule has 2 fully saturated rings. The van der Waals surface area contributed by atoms with Crippen molar-refractivity contribution >= 4 is 5.97 Å². The molecule has 14 heteroatoms. The molecule has 0 spiro atoms. The molecule has 4 nitrogen and oxygen atoms in total. The molecule has 4 unspecified atom stereocenters. The normalized spacial score (nSPS) is 36.3. The molecule has 1 N–H and O–H groups in total. The Balaban J connectivity index is 3.00. The molecule has 1 saturated carbocycles. The Labute approximate surface area is 182 Å². The quantitative estimate of drug-likeness (QED) is 0.389. The second-order valence-corrected chi connectivity index (χ2v) is 8.72. The van der Waals surface area contributed by atoms with Gasteiger partial charge in [0.15, 0.2) is 0 Å². The molecule has 2 aliphatic rings. The van der Waals surface area contributed by atoms with Gasteiger partial charge in [0.05, 0.1) is 5.92 Å². The minimum absolute atomic E-state index is 0.104. The summed E-state index contributed by atoms with van der Waals surface area (Å²) in [5, 5.41) is 9.92. The molecule has 1 saturated heterocycles. The van der Waals surface area contributed by atoms with Crippen molar-refractivity contribution in [2.75, 3.05) is 0 Å². The summed E-state index contributed by atoms with van der Waals surface area (Å²) in [6, 6.07) is 0. The fourth-order valence-corrected chi connectivity index (χ4v) is 4.36. The zero-order chi connectivity index (χ0) is 25.9. The monoisotopic (exact) mass is 506 g/mol. The Morgan fingerprint density at radius 3 is 1.88 bits per heavy atom. The van der Waals surface area contributed by atoms with Gasteiger partial charge in [-0.15, -0.1) is 0 Å². The third kappa shape index (κ3) is 3.61. The van der Waals surface area contributed by atoms with Crippen LogP contribution in [0.15, 0.2) is 0 Å². The topological polar surface area (TPSA) is 55.8 Å². The van der Waals surface area contributed by atoms with Crippen molar-refractivity contribution in [1.82, 2.24) is 0 Å². The number of esters is 1. The van der Waals surface area contributed by atoms with Gasteiger partial charge >= 0.3 is 36.0 Å². The van der Waals surface area contributed by atoms with E-state index in [2.05, 4.69) is 9.47 Å². The van der Waals surface area contributed by atoms with E-state index >= 15 is 17.6 Å². The molecule has 1 aliphatic carbocycles. The SMILES string of the molecule is CCC(C)C(=O)OC1(C2CCCCC2)C(F)(F)C(C)(C(F)(F)F)OC(O)(C(F)(F)F)C1(F)F. The number of carbonyl (C=O) groups is 1. The highest BCUT2D eigenvalue weighted by molar-refractivity contribution is 5.73. The van der Waals surface area contributed by atoms with Crippen molar-refractivity contribution in [3.63, 3.8) is 0 Å². The molecule has 4 atom stereocenters. The molecule has 0 aromatic carbocycles. The van der Waals surface area contributed by atoms with Gasteiger partial charge in [0.25, 0.3) is 0 Å². The summed E-state index contributed by atoms with van der Waals surface area (Å²) >= 11 is 0. The molecule has 0 aromatic rings. The number of rotatable bonds is 4. The molecule has 0 aromatic heterocycles. The average molecular weight is 506 g/mol. The van der Waals surface area contributed by atoms with E-state index in [4.69, 9.17) is 0 Å². The molecule has 2 rings (SSSR count). The van der Waals surface area contributed by atoms with Gasteiger partial charge in [-0.1, -0.05) is 33.1 Å². The first kappa shape index (κ1) is 27.9. The zero-order valence-corrected chi connectivity index (χ0v) is 17.8. The highest BCUT2D eigenvalue weighted by Crippen LogP contribution is 2.69. The number of carbonyl (C=O) groups excluding carboxylic acids is 1. The molecular formula is C19H24F10O4. The van der Waals surface area contributed by atoms with Crippen LogP contribution in [0, 0.1) is 11.8 Å². The van der Waals surface area contributed by atoms with E-state index in [9.17, 15) is 36.2 Å². The number of halogens is 10. The standard InChI is InChI=1S/C19H24F10O4/c1-4-10(2)12(30)32-14(11-8-6-5-7-9-11)15(20,21)13(3,18(24,25)26)33-17(31,16(14,22)23)19(27,28)29/h10-11,31H,4-9H2,1-3H3. The van der Waals surface area contributed by atoms with Gasteiger partial charge in [-0.2, -0.15) is 43.9 Å². The Kier molecular flexibility index (Phi) is 6.88. The highest BCUT2D eigenvalue weighted by Gasteiger charge is 2.97. The number of hydrogen-bond acceptors (Lipinski definition) is 4. The predicted octanol–water partition coefficient (Wildman–Crippen LogP) is 5.77. The van der Waals surface area contributed by atoms with E-state index < -0.39 is 78.8 Å². The summed E-state index contributed by atoms with van der Waals surface area (Å²) in [5.41, 5.74) is -10.3. The number of alkyl halides is 10. The van der Waals surface area contributed by atoms with Gasteiger partial charge in [-0.25, -0.2) is 0 Å². The van der Waals surface area contributed by atoms with Crippen LogP contribution in [0.4, 0.5) is 43.9 Å². The molecule has 0 bridgehead atoms. The maximum absolute atomic E-state index is 15.7. The van der Waals surface area contributed by atoms with Gasteiger partial charge in [0, 0.05) is 5.92 Å². The minimum Gasteiger partial charge on any atom is -0.445 e. The van der Waals surface area contributed by atoms with Gasteiger partial charge in [-0.05, 0) is 26.2 Å². The molecule has 1 aliphatic heterocycles. The molecular weight excluding hydrogens is 482 g/mol. The average Bonchev–Trinajstić information content (AvgIpc) is 2.68. The lowest BCUT2D eigenvalue weighted by molar-refractivity contribution is -0.560. The first-order valence-corrected chi connectivity index (χ1v) is 10.2. The van der Waals surface area contributed by atoms with Crippen LogP contribution in [0.3, 0.4) is 0 Å². The van der Waals surface area contributed by atoms with E-state index in [-0.39, 0.29) is 25.7 Å². The van der Waals surface area contributed by atoms with Crippen LogP contribution in [0.5, 0.6) is 0 Å². The van der Waals surface area contributed by atoms with Gasteiger partial charge in [0.2, 0.25) is 11.2 Å². The van der Waals surface area contributed by atoms with Crippen LogP contribution in [-0.2, 0) is 14.3 Å². The molecule has 1 heterocycles. The summed E-state index contributed by atoms with van der Waals surface area (Å²) in [4.78, 5) is 12.4. The predicted molar refractivity (Wildman–Crippen MR) is 91.3 cm³/mol. The second kappa shape index (κ2) is 8.13. The van der Waals surface area contributed by atoms with Crippen molar-refractivity contribution in [2.45, 2.75) is 100 Å². The van der Waals surface area contributed by atoms with Crippen molar-refractivity contribution in [1.29, 1.82) is 0 Å². The lowest BCUT2D eigenvalue weighted by Crippen LogP contribution is -2.89. The smallest absolute Gasteiger partial charge is 0.445 e. The third-order valence-corrected chi connectivity index (χ3v) is 6.69. The van der Waals surface area contributed by atoms with Crippen molar-refractivity contribution in [2.24, 2.45) is 11.8 Å². The van der Waals surface area contributed by atoms with Crippen molar-refractivity contribution in [3.05, 3.63) is 0 Å². The van der Waals surface area contributed by atoms with Gasteiger partial charge < -0.3 is 14.6 Å². The van der Waals surface area contributed by atoms with E-state index in [0.29, 0.717) is 0 Å². The molecule has 194 valence electrons. The van der Waals surface area contributed by atoms with Crippen LogP contribution in [-0.4, -0.2) is 52.3 Å². The number of ether oxygens (including phenoxy) is 2. The second-order valence-electron chi connectivity index (χ2n) is 8.72. The lowest BCUT2D eigenvalue weighted by atomic mass is 9.62. The summed E-state index contributed by atoms with van der Waals surface area (Å²) in [5.74, 6) is -23.8. The Morgan fingerprint density at radius 1 is 1.00 bits per heavy atom.